The molecule has 0 saturated heterocycles. The zero-order chi connectivity index (χ0) is 14.2. The van der Waals surface area contributed by atoms with Crippen LogP contribution in [0.5, 0.6) is 0 Å². The van der Waals surface area contributed by atoms with Crippen molar-refractivity contribution >= 4 is 37.9 Å². The van der Waals surface area contributed by atoms with Gasteiger partial charge in [0.2, 0.25) is 9.84 Å². The summed E-state index contributed by atoms with van der Waals surface area (Å²) in [6.07, 6.45) is 0. The highest BCUT2D eigenvalue weighted by molar-refractivity contribution is 7.91. The molecule has 0 fully saturated rings. The lowest BCUT2D eigenvalue weighted by molar-refractivity contribution is 0.593. The largest absolute Gasteiger partial charge is 0.354 e. The zero-order valence-corrected chi connectivity index (χ0v) is 13.1. The second kappa shape index (κ2) is 5.11. The number of nitrogens with zero attached hydrogens (tertiary/aromatic N) is 2. The van der Waals surface area contributed by atoms with E-state index in [-0.39, 0.29) is 14.3 Å². The molecular weight excluding hydrogens is 304 g/mol. The summed E-state index contributed by atoms with van der Waals surface area (Å²) in [5, 5.41) is 0.488. The number of hydrogen-bond donors (Lipinski definition) is 0. The maximum Gasteiger partial charge on any atom is 0.226 e. The standard InChI is InChI=1S/C12H13ClN2O2S2/c1-8-4-6-9(7-5-8)19(16,17)11-10(13)18-12(14-11)15(2)3/h4-7H,1-3H3. The van der Waals surface area contributed by atoms with Gasteiger partial charge in [-0.3, -0.25) is 0 Å². The van der Waals surface area contributed by atoms with Crippen molar-refractivity contribution in [2.45, 2.75) is 16.8 Å². The Kier molecular flexibility index (Phi) is 3.85. The third-order valence-corrected chi connectivity index (χ3v) is 5.88. The van der Waals surface area contributed by atoms with Crippen LogP contribution in [0.25, 0.3) is 0 Å². The van der Waals surface area contributed by atoms with E-state index in [4.69, 9.17) is 11.6 Å². The first-order valence-corrected chi connectivity index (χ1v) is 8.15. The maximum atomic E-state index is 12.4. The van der Waals surface area contributed by atoms with Crippen LogP contribution in [0.1, 0.15) is 5.56 Å². The molecule has 102 valence electrons. The first-order valence-electron chi connectivity index (χ1n) is 5.48. The van der Waals surface area contributed by atoms with E-state index < -0.39 is 9.84 Å². The van der Waals surface area contributed by atoms with Crippen molar-refractivity contribution in [1.82, 2.24) is 4.98 Å². The molecule has 0 saturated carbocycles. The van der Waals surface area contributed by atoms with E-state index in [0.717, 1.165) is 16.9 Å². The summed E-state index contributed by atoms with van der Waals surface area (Å²) in [5.74, 6) is 0. The van der Waals surface area contributed by atoms with Crippen LogP contribution >= 0.6 is 22.9 Å². The molecule has 0 bridgehead atoms. The highest BCUT2D eigenvalue weighted by Gasteiger charge is 2.25. The quantitative estimate of drug-likeness (QED) is 0.873. The maximum absolute atomic E-state index is 12.4. The molecule has 1 aromatic heterocycles. The van der Waals surface area contributed by atoms with E-state index in [9.17, 15) is 8.42 Å². The van der Waals surface area contributed by atoms with Crippen molar-refractivity contribution in [2.75, 3.05) is 19.0 Å². The molecule has 0 aliphatic carbocycles. The second-order valence-electron chi connectivity index (χ2n) is 4.29. The van der Waals surface area contributed by atoms with Gasteiger partial charge in [0.25, 0.3) is 0 Å². The Morgan fingerprint density at radius 3 is 2.26 bits per heavy atom. The molecule has 2 aromatic rings. The average molecular weight is 317 g/mol. The minimum absolute atomic E-state index is 0.0771. The molecule has 1 aromatic carbocycles. The number of hydrogen-bond acceptors (Lipinski definition) is 5. The van der Waals surface area contributed by atoms with Crippen molar-refractivity contribution in [1.29, 1.82) is 0 Å². The molecule has 0 unspecified atom stereocenters. The molecule has 2 rings (SSSR count). The van der Waals surface area contributed by atoms with E-state index in [1.54, 1.807) is 43.3 Å². The molecule has 0 atom stereocenters. The van der Waals surface area contributed by atoms with Gasteiger partial charge in [0, 0.05) is 14.1 Å². The predicted octanol–water partition coefficient (Wildman–Crippen LogP) is 3.00. The molecule has 0 aliphatic heterocycles. The number of aryl methyl sites for hydroxylation is 1. The molecule has 1 heterocycles. The lowest BCUT2D eigenvalue weighted by Crippen LogP contribution is -2.09. The van der Waals surface area contributed by atoms with Gasteiger partial charge in [-0.1, -0.05) is 40.6 Å². The Balaban J connectivity index is 2.53. The molecular formula is C12H13ClN2O2S2. The molecule has 0 spiro atoms. The monoisotopic (exact) mass is 316 g/mol. The van der Waals surface area contributed by atoms with Crippen LogP contribution in [-0.4, -0.2) is 27.5 Å². The van der Waals surface area contributed by atoms with Gasteiger partial charge >= 0.3 is 0 Å². The summed E-state index contributed by atoms with van der Waals surface area (Å²) in [6.45, 7) is 1.90. The SMILES string of the molecule is Cc1ccc(S(=O)(=O)c2nc(N(C)C)sc2Cl)cc1. The van der Waals surface area contributed by atoms with Gasteiger partial charge in [0.1, 0.15) is 4.34 Å². The summed E-state index contributed by atoms with van der Waals surface area (Å²) < 4.78 is 25.1. The lowest BCUT2D eigenvalue weighted by Gasteiger charge is -2.05. The average Bonchev–Trinajstić information content (AvgIpc) is 2.73. The van der Waals surface area contributed by atoms with Crippen LogP contribution in [0.15, 0.2) is 34.2 Å². The number of halogens is 1. The highest BCUT2D eigenvalue weighted by Crippen LogP contribution is 2.35. The van der Waals surface area contributed by atoms with Crippen LogP contribution in [0.4, 0.5) is 5.13 Å². The van der Waals surface area contributed by atoms with Crippen LogP contribution in [0.2, 0.25) is 4.34 Å². The van der Waals surface area contributed by atoms with E-state index in [1.165, 1.54) is 0 Å². The van der Waals surface area contributed by atoms with Gasteiger partial charge in [0.05, 0.1) is 4.90 Å². The summed E-state index contributed by atoms with van der Waals surface area (Å²) in [4.78, 5) is 6.04. The molecule has 0 N–H and O–H groups in total. The minimum Gasteiger partial charge on any atom is -0.354 e. The smallest absolute Gasteiger partial charge is 0.226 e. The molecule has 0 aliphatic rings. The Morgan fingerprint density at radius 2 is 1.79 bits per heavy atom. The Labute approximate surface area is 121 Å². The van der Waals surface area contributed by atoms with E-state index in [2.05, 4.69) is 4.98 Å². The van der Waals surface area contributed by atoms with Crippen molar-refractivity contribution in [3.8, 4) is 0 Å². The summed E-state index contributed by atoms with van der Waals surface area (Å²) in [6, 6.07) is 6.63. The number of rotatable bonds is 3. The van der Waals surface area contributed by atoms with Gasteiger partial charge in [-0.05, 0) is 19.1 Å². The van der Waals surface area contributed by atoms with Crippen LogP contribution < -0.4 is 4.90 Å². The number of benzene rings is 1. The lowest BCUT2D eigenvalue weighted by atomic mass is 10.2. The van der Waals surface area contributed by atoms with Gasteiger partial charge in [-0.2, -0.15) is 0 Å². The number of aromatic nitrogens is 1. The van der Waals surface area contributed by atoms with Crippen LogP contribution in [0.3, 0.4) is 0 Å². The van der Waals surface area contributed by atoms with Gasteiger partial charge in [-0.25, -0.2) is 13.4 Å². The summed E-state index contributed by atoms with van der Waals surface area (Å²) in [5.41, 5.74) is 0.998. The summed E-state index contributed by atoms with van der Waals surface area (Å²) >= 11 is 7.15. The van der Waals surface area contributed by atoms with Crippen LogP contribution in [0, 0.1) is 6.92 Å². The third-order valence-electron chi connectivity index (χ3n) is 2.51. The van der Waals surface area contributed by atoms with Gasteiger partial charge in [0.15, 0.2) is 10.2 Å². The zero-order valence-electron chi connectivity index (χ0n) is 10.7. The van der Waals surface area contributed by atoms with Gasteiger partial charge < -0.3 is 4.90 Å². The fourth-order valence-corrected chi connectivity index (χ4v) is 4.28. The third kappa shape index (κ3) is 2.75. The normalized spacial score (nSPS) is 11.6. The second-order valence-corrected chi connectivity index (χ2v) is 7.73. The number of sulfone groups is 1. The predicted molar refractivity (Wildman–Crippen MR) is 78.1 cm³/mol. The molecule has 19 heavy (non-hydrogen) atoms. The Bertz CT molecular complexity index is 691. The fourth-order valence-electron chi connectivity index (χ4n) is 1.46. The Hall–Kier alpha value is -1.11. The summed E-state index contributed by atoms with van der Waals surface area (Å²) in [7, 11) is -0.0802. The number of thiazole rings is 1. The molecule has 7 heteroatoms. The van der Waals surface area contributed by atoms with Crippen LogP contribution in [-0.2, 0) is 9.84 Å². The molecule has 0 amide bonds. The fraction of sp³-hybridized carbons (Fsp3) is 0.250. The molecule has 0 radical (unpaired) electrons. The first kappa shape index (κ1) is 14.3. The van der Waals surface area contributed by atoms with Crippen molar-refractivity contribution in [3.05, 3.63) is 34.2 Å². The minimum atomic E-state index is -3.66. The highest BCUT2D eigenvalue weighted by atomic mass is 35.5. The number of anilines is 1. The van der Waals surface area contributed by atoms with Crippen molar-refractivity contribution in [2.24, 2.45) is 0 Å². The Morgan fingerprint density at radius 1 is 1.21 bits per heavy atom. The first-order chi connectivity index (χ1) is 8.82. The topological polar surface area (TPSA) is 50.3 Å². The van der Waals surface area contributed by atoms with E-state index in [0.29, 0.717) is 5.13 Å². The van der Waals surface area contributed by atoms with Crippen molar-refractivity contribution in [3.63, 3.8) is 0 Å². The van der Waals surface area contributed by atoms with Crippen molar-refractivity contribution < 1.29 is 8.42 Å². The van der Waals surface area contributed by atoms with Gasteiger partial charge in [-0.15, -0.1) is 0 Å². The van der Waals surface area contributed by atoms with E-state index in [1.807, 2.05) is 6.92 Å². The van der Waals surface area contributed by atoms with E-state index >= 15 is 0 Å². The molecule has 4 nitrogen and oxygen atoms in total.